The molecule has 10 atom stereocenters. The van der Waals surface area contributed by atoms with Gasteiger partial charge in [-0.15, -0.1) is 0 Å². The predicted molar refractivity (Wildman–Crippen MR) is 131 cm³/mol. The third-order valence-electron chi connectivity index (χ3n) is 11.3. The first-order valence-electron chi connectivity index (χ1n) is 13.7. The number of rotatable bonds is 6. The summed E-state index contributed by atoms with van der Waals surface area (Å²) < 4.78 is 0. The van der Waals surface area contributed by atoms with E-state index in [0.717, 1.165) is 51.4 Å². The van der Waals surface area contributed by atoms with Crippen molar-refractivity contribution in [1.82, 2.24) is 0 Å². The Morgan fingerprint density at radius 2 is 1.78 bits per heavy atom. The molecule has 3 nitrogen and oxygen atoms in total. The highest BCUT2D eigenvalue weighted by Gasteiger charge is 2.62. The van der Waals surface area contributed by atoms with Crippen molar-refractivity contribution >= 4 is 0 Å². The van der Waals surface area contributed by atoms with Gasteiger partial charge in [0.1, 0.15) is 0 Å². The Bertz CT molecular complexity index is 711. The van der Waals surface area contributed by atoms with Gasteiger partial charge in [0.2, 0.25) is 0 Å². The summed E-state index contributed by atoms with van der Waals surface area (Å²) in [5, 5.41) is 33.4. The molecule has 0 radical (unpaired) electrons. The van der Waals surface area contributed by atoms with Gasteiger partial charge in [-0.05, 0) is 111 Å². The minimum Gasteiger partial charge on any atom is -0.393 e. The molecule has 3 fully saturated rings. The van der Waals surface area contributed by atoms with Gasteiger partial charge < -0.3 is 15.3 Å². The molecule has 32 heavy (non-hydrogen) atoms. The molecule has 3 saturated carbocycles. The molecule has 3 heteroatoms. The Balaban J connectivity index is 1.56. The van der Waals surface area contributed by atoms with Crippen LogP contribution < -0.4 is 0 Å². The second-order valence-corrected chi connectivity index (χ2v) is 13.3. The maximum atomic E-state index is 11.8. The molecule has 4 aliphatic rings. The molecule has 3 N–H and O–H groups in total. The van der Waals surface area contributed by atoms with Crippen molar-refractivity contribution in [3.05, 3.63) is 11.6 Å². The number of aliphatic hydroxyl groups is 3. The van der Waals surface area contributed by atoms with Crippen LogP contribution in [0.5, 0.6) is 0 Å². The monoisotopic (exact) mass is 446 g/mol. The average Bonchev–Trinajstić information content (AvgIpc) is 3.07. The summed E-state index contributed by atoms with van der Waals surface area (Å²) in [4.78, 5) is 0. The minimum atomic E-state index is -0.627. The van der Waals surface area contributed by atoms with Gasteiger partial charge in [0.05, 0.1) is 17.8 Å². The van der Waals surface area contributed by atoms with E-state index in [9.17, 15) is 15.3 Å². The lowest BCUT2D eigenvalue weighted by Crippen LogP contribution is -2.56. The van der Waals surface area contributed by atoms with Gasteiger partial charge in [-0.1, -0.05) is 52.7 Å². The smallest absolute Gasteiger partial charge is 0.0757 e. The van der Waals surface area contributed by atoms with Crippen molar-refractivity contribution in [2.75, 3.05) is 0 Å². The van der Waals surface area contributed by atoms with Crippen LogP contribution in [0.3, 0.4) is 0 Å². The Kier molecular flexibility index (Phi) is 6.71. The van der Waals surface area contributed by atoms with Crippen LogP contribution in [0.2, 0.25) is 0 Å². The van der Waals surface area contributed by atoms with Crippen molar-refractivity contribution in [1.29, 1.82) is 0 Å². The summed E-state index contributed by atoms with van der Waals surface area (Å²) in [5.74, 6) is 2.99. The first-order chi connectivity index (χ1) is 14.9. The zero-order valence-electron chi connectivity index (χ0n) is 21.6. The molecule has 10 unspecified atom stereocenters. The Morgan fingerprint density at radius 3 is 2.44 bits per heavy atom. The summed E-state index contributed by atoms with van der Waals surface area (Å²) in [6, 6.07) is 0. The summed E-state index contributed by atoms with van der Waals surface area (Å²) in [7, 11) is 0. The SMILES string of the molecule is CCC(CCC(C)(O)C1CCC2C3C(O)C=C4CC(O)CCC4(C)C3CCC21C)C(C)C. The first kappa shape index (κ1) is 24.7. The van der Waals surface area contributed by atoms with E-state index in [-0.39, 0.29) is 16.9 Å². The number of aliphatic hydroxyl groups excluding tert-OH is 2. The van der Waals surface area contributed by atoms with Crippen LogP contribution in [0, 0.1) is 46.3 Å². The van der Waals surface area contributed by atoms with Crippen molar-refractivity contribution in [2.24, 2.45) is 46.3 Å². The molecule has 0 aromatic carbocycles. The van der Waals surface area contributed by atoms with Gasteiger partial charge in [0.15, 0.2) is 0 Å². The molecule has 4 rings (SSSR count). The van der Waals surface area contributed by atoms with Crippen molar-refractivity contribution in [3.8, 4) is 0 Å². The predicted octanol–water partition coefficient (Wildman–Crippen LogP) is 6.11. The van der Waals surface area contributed by atoms with Crippen molar-refractivity contribution < 1.29 is 15.3 Å². The molecule has 0 aliphatic heterocycles. The summed E-state index contributed by atoms with van der Waals surface area (Å²) in [5.41, 5.74) is 0.935. The quantitative estimate of drug-likeness (QED) is 0.431. The van der Waals surface area contributed by atoms with E-state index in [1.165, 1.54) is 18.4 Å². The maximum absolute atomic E-state index is 11.8. The number of fused-ring (bicyclic) bond motifs is 5. The van der Waals surface area contributed by atoms with Gasteiger partial charge in [-0.25, -0.2) is 0 Å². The maximum Gasteiger partial charge on any atom is 0.0757 e. The van der Waals surface area contributed by atoms with Gasteiger partial charge in [-0.3, -0.25) is 0 Å². The fourth-order valence-corrected chi connectivity index (χ4v) is 9.31. The molecule has 0 aromatic heterocycles. The second kappa shape index (κ2) is 8.68. The highest BCUT2D eigenvalue weighted by atomic mass is 16.3. The summed E-state index contributed by atoms with van der Waals surface area (Å²) in [6.07, 6.45) is 11.9. The highest BCUT2D eigenvalue weighted by Crippen LogP contribution is 2.67. The minimum absolute atomic E-state index is 0.112. The van der Waals surface area contributed by atoms with Crippen LogP contribution in [-0.4, -0.2) is 33.1 Å². The largest absolute Gasteiger partial charge is 0.393 e. The number of hydrogen-bond acceptors (Lipinski definition) is 3. The van der Waals surface area contributed by atoms with Crippen LogP contribution in [0.4, 0.5) is 0 Å². The van der Waals surface area contributed by atoms with E-state index in [4.69, 9.17) is 0 Å². The van der Waals surface area contributed by atoms with E-state index < -0.39 is 11.7 Å². The van der Waals surface area contributed by atoms with E-state index >= 15 is 0 Å². The van der Waals surface area contributed by atoms with Gasteiger partial charge >= 0.3 is 0 Å². The second-order valence-electron chi connectivity index (χ2n) is 13.3. The standard InChI is InChI=1S/C29H50O3/c1-7-19(18(2)3)10-15-29(6,32)25-9-8-22-26-23(12-14-28(22,25)5)27(4)13-11-21(30)16-20(27)17-24(26)31/h17-19,21-26,30-32H,7-16H2,1-6H3. The molecular weight excluding hydrogens is 396 g/mol. The van der Waals surface area contributed by atoms with Crippen molar-refractivity contribution in [2.45, 2.75) is 124 Å². The molecule has 0 saturated heterocycles. The van der Waals surface area contributed by atoms with Crippen molar-refractivity contribution in [3.63, 3.8) is 0 Å². The highest BCUT2D eigenvalue weighted by molar-refractivity contribution is 5.28. The molecule has 0 bridgehead atoms. The molecule has 0 heterocycles. The van der Waals surface area contributed by atoms with Crippen LogP contribution in [0.15, 0.2) is 11.6 Å². The van der Waals surface area contributed by atoms with Crippen LogP contribution in [0.1, 0.15) is 106 Å². The van der Waals surface area contributed by atoms with E-state index in [2.05, 4.69) is 47.6 Å². The molecule has 0 aromatic rings. The lowest BCUT2D eigenvalue weighted by molar-refractivity contribution is -0.126. The molecule has 0 amide bonds. The van der Waals surface area contributed by atoms with Gasteiger partial charge in [-0.2, -0.15) is 0 Å². The van der Waals surface area contributed by atoms with E-state index in [1.807, 2.05) is 0 Å². The van der Waals surface area contributed by atoms with E-state index in [1.54, 1.807) is 0 Å². The Labute approximate surface area is 197 Å². The molecule has 0 spiro atoms. The average molecular weight is 447 g/mol. The Hall–Kier alpha value is -0.380. The molecule has 4 aliphatic carbocycles. The zero-order valence-corrected chi connectivity index (χ0v) is 21.6. The topological polar surface area (TPSA) is 60.7 Å². The first-order valence-corrected chi connectivity index (χ1v) is 13.7. The van der Waals surface area contributed by atoms with Gasteiger partial charge in [0.25, 0.3) is 0 Å². The van der Waals surface area contributed by atoms with Crippen LogP contribution in [0.25, 0.3) is 0 Å². The fraction of sp³-hybridized carbons (Fsp3) is 0.931. The van der Waals surface area contributed by atoms with Crippen LogP contribution >= 0.6 is 0 Å². The van der Waals surface area contributed by atoms with Crippen LogP contribution in [-0.2, 0) is 0 Å². The summed E-state index contributed by atoms with van der Waals surface area (Å²) in [6.45, 7) is 13.9. The Morgan fingerprint density at radius 1 is 1.06 bits per heavy atom. The third kappa shape index (κ3) is 3.93. The lowest BCUT2D eigenvalue weighted by Gasteiger charge is -2.60. The normalized spacial score (nSPS) is 46.6. The number of hydrogen-bond donors (Lipinski definition) is 3. The third-order valence-corrected chi connectivity index (χ3v) is 11.3. The fourth-order valence-electron chi connectivity index (χ4n) is 9.31. The molecule has 184 valence electrons. The van der Waals surface area contributed by atoms with Gasteiger partial charge in [0, 0.05) is 0 Å². The zero-order chi connectivity index (χ0) is 23.5. The van der Waals surface area contributed by atoms with E-state index in [0.29, 0.717) is 35.5 Å². The lowest BCUT2D eigenvalue weighted by atomic mass is 9.46. The summed E-state index contributed by atoms with van der Waals surface area (Å²) >= 11 is 0. The molecular formula is C29H50O3.